The van der Waals surface area contributed by atoms with Gasteiger partial charge in [-0.1, -0.05) is 0 Å². The Bertz CT molecular complexity index is 650. The SMILES string of the molecule is CN=C(NCc1ncc(C)c(OC)c1C)N1CCOC(C2CCCO2)C1.I. The van der Waals surface area contributed by atoms with Crippen molar-refractivity contribution < 1.29 is 14.2 Å². The van der Waals surface area contributed by atoms with E-state index in [9.17, 15) is 0 Å². The average Bonchev–Trinajstić information content (AvgIpc) is 3.19. The van der Waals surface area contributed by atoms with Gasteiger partial charge in [-0.2, -0.15) is 0 Å². The largest absolute Gasteiger partial charge is 0.496 e. The molecule has 0 aliphatic carbocycles. The van der Waals surface area contributed by atoms with Crippen LogP contribution in [-0.2, 0) is 16.0 Å². The minimum atomic E-state index is 0. The van der Waals surface area contributed by atoms with Crippen molar-refractivity contribution >= 4 is 29.9 Å². The van der Waals surface area contributed by atoms with Crippen molar-refractivity contribution in [3.63, 3.8) is 0 Å². The molecule has 2 atom stereocenters. The van der Waals surface area contributed by atoms with E-state index in [1.54, 1.807) is 7.11 Å². The third-order valence-corrected chi connectivity index (χ3v) is 5.15. The van der Waals surface area contributed by atoms with Crippen LogP contribution in [0.25, 0.3) is 0 Å². The van der Waals surface area contributed by atoms with E-state index < -0.39 is 0 Å². The van der Waals surface area contributed by atoms with Crippen LogP contribution in [0.2, 0.25) is 0 Å². The van der Waals surface area contributed by atoms with Crippen LogP contribution in [0.15, 0.2) is 11.2 Å². The summed E-state index contributed by atoms with van der Waals surface area (Å²) in [5, 5.41) is 3.44. The van der Waals surface area contributed by atoms with E-state index in [2.05, 4.69) is 20.2 Å². The number of guanidine groups is 1. The van der Waals surface area contributed by atoms with Crippen LogP contribution in [0, 0.1) is 13.8 Å². The summed E-state index contributed by atoms with van der Waals surface area (Å²) in [6.07, 6.45) is 4.38. The Hall–Kier alpha value is -1.13. The number of morpholine rings is 1. The molecule has 0 aromatic carbocycles. The summed E-state index contributed by atoms with van der Waals surface area (Å²) in [7, 11) is 3.51. The summed E-state index contributed by atoms with van der Waals surface area (Å²) in [6.45, 7) is 7.82. The molecule has 1 aromatic rings. The highest BCUT2D eigenvalue weighted by Gasteiger charge is 2.32. The van der Waals surface area contributed by atoms with Gasteiger partial charge in [0.05, 0.1) is 32.1 Å². The fraction of sp³-hybridized carbons (Fsp3) is 0.684. The number of rotatable bonds is 4. The highest BCUT2D eigenvalue weighted by molar-refractivity contribution is 14.0. The number of pyridine rings is 1. The Morgan fingerprint density at radius 2 is 2.11 bits per heavy atom. The lowest BCUT2D eigenvalue weighted by molar-refractivity contribution is -0.0817. The normalized spacial score (nSPS) is 23.1. The zero-order chi connectivity index (χ0) is 18.5. The summed E-state index contributed by atoms with van der Waals surface area (Å²) in [6, 6.07) is 0. The lowest BCUT2D eigenvalue weighted by atomic mass is 10.1. The Morgan fingerprint density at radius 1 is 1.33 bits per heavy atom. The maximum absolute atomic E-state index is 5.93. The van der Waals surface area contributed by atoms with Crippen LogP contribution in [-0.4, -0.2) is 68.5 Å². The molecule has 152 valence electrons. The van der Waals surface area contributed by atoms with E-state index in [1.807, 2.05) is 27.1 Å². The fourth-order valence-corrected chi connectivity index (χ4v) is 3.73. The van der Waals surface area contributed by atoms with Gasteiger partial charge in [-0.15, -0.1) is 24.0 Å². The van der Waals surface area contributed by atoms with Crippen LogP contribution < -0.4 is 10.1 Å². The molecule has 3 heterocycles. The minimum Gasteiger partial charge on any atom is -0.496 e. The lowest BCUT2D eigenvalue weighted by Crippen LogP contribution is -2.53. The molecule has 1 aromatic heterocycles. The van der Waals surface area contributed by atoms with Gasteiger partial charge in [0, 0.05) is 44.1 Å². The molecule has 0 radical (unpaired) electrons. The van der Waals surface area contributed by atoms with Crippen LogP contribution >= 0.6 is 24.0 Å². The molecule has 2 fully saturated rings. The Morgan fingerprint density at radius 3 is 2.78 bits per heavy atom. The van der Waals surface area contributed by atoms with Gasteiger partial charge in [0.25, 0.3) is 0 Å². The molecular weight excluding hydrogens is 459 g/mol. The zero-order valence-corrected chi connectivity index (χ0v) is 19.0. The van der Waals surface area contributed by atoms with Crippen LogP contribution in [0.5, 0.6) is 5.75 Å². The van der Waals surface area contributed by atoms with E-state index in [-0.39, 0.29) is 36.2 Å². The zero-order valence-electron chi connectivity index (χ0n) is 16.7. The monoisotopic (exact) mass is 490 g/mol. The first kappa shape index (κ1) is 22.2. The maximum Gasteiger partial charge on any atom is 0.194 e. The molecule has 0 saturated carbocycles. The van der Waals surface area contributed by atoms with E-state index in [4.69, 9.17) is 14.2 Å². The second kappa shape index (κ2) is 10.4. The molecular formula is C19H31IN4O3. The Kier molecular flexibility index (Phi) is 8.56. The van der Waals surface area contributed by atoms with Gasteiger partial charge in [0.15, 0.2) is 5.96 Å². The van der Waals surface area contributed by atoms with Gasteiger partial charge in [-0.3, -0.25) is 9.98 Å². The molecule has 2 aliphatic rings. The summed E-state index contributed by atoms with van der Waals surface area (Å²) < 4.78 is 17.2. The van der Waals surface area contributed by atoms with Crippen LogP contribution in [0.1, 0.15) is 29.7 Å². The second-order valence-corrected chi connectivity index (χ2v) is 6.85. The third-order valence-electron chi connectivity index (χ3n) is 5.15. The minimum absolute atomic E-state index is 0. The number of ether oxygens (including phenoxy) is 3. The first-order valence-electron chi connectivity index (χ1n) is 9.32. The summed E-state index contributed by atoms with van der Waals surface area (Å²) >= 11 is 0. The number of hydrogen-bond donors (Lipinski definition) is 1. The molecule has 0 bridgehead atoms. The molecule has 2 unspecified atom stereocenters. The van der Waals surface area contributed by atoms with Crippen molar-refractivity contribution in [1.82, 2.24) is 15.2 Å². The molecule has 2 aliphatic heterocycles. The van der Waals surface area contributed by atoms with Gasteiger partial charge in [0.1, 0.15) is 11.9 Å². The summed E-state index contributed by atoms with van der Waals surface area (Å²) in [5.41, 5.74) is 3.08. The highest BCUT2D eigenvalue weighted by atomic mass is 127. The van der Waals surface area contributed by atoms with Crippen molar-refractivity contribution in [2.45, 2.75) is 45.4 Å². The molecule has 1 N–H and O–H groups in total. The van der Waals surface area contributed by atoms with E-state index in [1.165, 1.54) is 0 Å². The van der Waals surface area contributed by atoms with Gasteiger partial charge in [-0.25, -0.2) is 0 Å². The molecule has 27 heavy (non-hydrogen) atoms. The van der Waals surface area contributed by atoms with E-state index >= 15 is 0 Å². The quantitative estimate of drug-likeness (QED) is 0.397. The first-order valence-corrected chi connectivity index (χ1v) is 9.32. The predicted octanol–water partition coefficient (Wildman–Crippen LogP) is 2.28. The maximum atomic E-state index is 5.93. The Labute approximate surface area is 178 Å². The van der Waals surface area contributed by atoms with Crippen LogP contribution in [0.4, 0.5) is 0 Å². The standard InChI is InChI=1S/C19H30N4O3.HI/c1-13-10-21-15(14(2)18(13)24-4)11-22-19(20-3)23-7-9-26-17(12-23)16-6-5-8-25-16;/h10,16-17H,5-9,11-12H2,1-4H3,(H,20,22);1H. The van der Waals surface area contributed by atoms with Gasteiger partial charge >= 0.3 is 0 Å². The number of nitrogens with zero attached hydrogens (tertiary/aromatic N) is 3. The van der Waals surface area contributed by atoms with Gasteiger partial charge in [0.2, 0.25) is 0 Å². The first-order chi connectivity index (χ1) is 12.6. The Balaban J connectivity index is 0.00000261. The molecule has 0 amide bonds. The van der Waals surface area contributed by atoms with E-state index in [0.29, 0.717) is 13.2 Å². The number of aliphatic imine (C=N–C) groups is 1. The van der Waals surface area contributed by atoms with Crippen LogP contribution in [0.3, 0.4) is 0 Å². The van der Waals surface area contributed by atoms with E-state index in [0.717, 1.165) is 61.1 Å². The smallest absolute Gasteiger partial charge is 0.194 e. The fourth-order valence-electron chi connectivity index (χ4n) is 3.73. The summed E-state index contributed by atoms with van der Waals surface area (Å²) in [4.78, 5) is 11.3. The van der Waals surface area contributed by atoms with Crippen molar-refractivity contribution in [2.24, 2.45) is 4.99 Å². The number of hydrogen-bond acceptors (Lipinski definition) is 5. The van der Waals surface area contributed by atoms with Crippen molar-refractivity contribution in [1.29, 1.82) is 0 Å². The predicted molar refractivity (Wildman–Crippen MR) is 116 cm³/mol. The topological polar surface area (TPSA) is 68.2 Å². The van der Waals surface area contributed by atoms with Crippen molar-refractivity contribution in [3.05, 3.63) is 23.0 Å². The lowest BCUT2D eigenvalue weighted by Gasteiger charge is -2.37. The number of halogens is 1. The number of aryl methyl sites for hydroxylation is 1. The molecule has 3 rings (SSSR count). The van der Waals surface area contributed by atoms with Gasteiger partial charge < -0.3 is 24.4 Å². The molecule has 7 nitrogen and oxygen atoms in total. The average molecular weight is 490 g/mol. The second-order valence-electron chi connectivity index (χ2n) is 6.85. The molecule has 2 saturated heterocycles. The molecule has 8 heteroatoms. The van der Waals surface area contributed by atoms with Crippen molar-refractivity contribution in [3.8, 4) is 5.75 Å². The number of nitrogens with one attached hydrogen (secondary N) is 1. The third kappa shape index (κ3) is 5.23. The number of aromatic nitrogens is 1. The number of methoxy groups -OCH3 is 1. The highest BCUT2D eigenvalue weighted by Crippen LogP contribution is 2.24. The summed E-state index contributed by atoms with van der Waals surface area (Å²) in [5.74, 6) is 1.77. The molecule has 0 spiro atoms. The van der Waals surface area contributed by atoms with Gasteiger partial charge in [-0.05, 0) is 26.7 Å². The van der Waals surface area contributed by atoms with Crippen molar-refractivity contribution in [2.75, 3.05) is 40.5 Å².